The normalized spacial score (nSPS) is 11.1. The Labute approximate surface area is 136 Å². The van der Waals surface area contributed by atoms with Crippen molar-refractivity contribution >= 4 is 34.0 Å². The summed E-state index contributed by atoms with van der Waals surface area (Å²) in [5.41, 5.74) is 0.557. The Hall–Kier alpha value is -2.10. The van der Waals surface area contributed by atoms with Gasteiger partial charge in [-0.2, -0.15) is 9.36 Å². The van der Waals surface area contributed by atoms with Crippen LogP contribution in [-0.4, -0.2) is 24.8 Å². The van der Waals surface area contributed by atoms with E-state index in [0.29, 0.717) is 6.54 Å². The Morgan fingerprint density at radius 3 is 2.68 bits per heavy atom. The van der Waals surface area contributed by atoms with Crippen LogP contribution in [0.1, 0.15) is 5.69 Å². The average molecular weight is 347 g/mol. The first-order chi connectivity index (χ1) is 10.8. The van der Waals surface area contributed by atoms with Crippen LogP contribution in [0.4, 0.5) is 0 Å². The third kappa shape index (κ3) is 2.43. The zero-order valence-corrected chi connectivity index (χ0v) is 13.6. The van der Waals surface area contributed by atoms with E-state index in [1.807, 2.05) is 40.4 Å². The number of thiophene rings is 2. The summed E-state index contributed by atoms with van der Waals surface area (Å²) in [6.45, 7) is 0.325. The third-order valence-corrected chi connectivity index (χ3v) is 5.72. The van der Waals surface area contributed by atoms with E-state index in [1.54, 1.807) is 22.7 Å². The summed E-state index contributed by atoms with van der Waals surface area (Å²) in [7, 11) is 0. The van der Waals surface area contributed by atoms with Gasteiger partial charge in [-0.1, -0.05) is 6.07 Å². The number of tetrazole rings is 1. The van der Waals surface area contributed by atoms with Crippen LogP contribution in [-0.2, 0) is 6.54 Å². The van der Waals surface area contributed by atoms with Gasteiger partial charge in [0.1, 0.15) is 10.0 Å². The molecule has 0 bridgehead atoms. The summed E-state index contributed by atoms with van der Waals surface area (Å²) in [4.78, 5) is 18.0. The molecule has 4 aromatic heterocycles. The molecule has 6 nitrogen and oxygen atoms in total. The quantitative estimate of drug-likeness (QED) is 0.569. The Kier molecular flexibility index (Phi) is 3.45. The Morgan fingerprint density at radius 2 is 1.91 bits per heavy atom. The van der Waals surface area contributed by atoms with Crippen LogP contribution in [0.3, 0.4) is 0 Å². The summed E-state index contributed by atoms with van der Waals surface area (Å²) >= 11 is 4.66. The first kappa shape index (κ1) is 13.6. The maximum atomic E-state index is 12.3. The third-order valence-electron chi connectivity index (χ3n) is 2.95. The van der Waals surface area contributed by atoms with Crippen molar-refractivity contribution in [3.05, 3.63) is 56.6 Å². The van der Waals surface area contributed by atoms with Gasteiger partial charge in [-0.25, -0.2) is 9.78 Å². The van der Waals surface area contributed by atoms with Crippen molar-refractivity contribution in [2.75, 3.05) is 0 Å². The predicted molar refractivity (Wildman–Crippen MR) is 88.0 cm³/mol. The summed E-state index contributed by atoms with van der Waals surface area (Å²) in [5.74, 6) is 0. The first-order valence-electron chi connectivity index (χ1n) is 6.36. The zero-order valence-electron chi connectivity index (χ0n) is 11.1. The second kappa shape index (κ2) is 5.59. The monoisotopic (exact) mass is 347 g/mol. The number of aromatic nitrogens is 5. The Bertz CT molecular complexity index is 933. The van der Waals surface area contributed by atoms with Gasteiger partial charge in [0.15, 0.2) is 0 Å². The fourth-order valence-electron chi connectivity index (χ4n) is 1.95. The SMILES string of the molecule is O=c1n(Cc2csc(-c3cccs3)n2)nnn1-c1cccs1. The van der Waals surface area contributed by atoms with Crippen LogP contribution >= 0.6 is 34.0 Å². The second-order valence-electron chi connectivity index (χ2n) is 4.40. The van der Waals surface area contributed by atoms with E-state index in [2.05, 4.69) is 15.4 Å². The van der Waals surface area contributed by atoms with E-state index in [9.17, 15) is 4.79 Å². The molecule has 0 saturated carbocycles. The predicted octanol–water partition coefficient (Wildman–Crippen LogP) is 2.72. The van der Waals surface area contributed by atoms with Crippen LogP contribution < -0.4 is 5.69 Å². The highest BCUT2D eigenvalue weighted by Crippen LogP contribution is 2.27. The van der Waals surface area contributed by atoms with Crippen molar-refractivity contribution < 1.29 is 0 Å². The molecule has 0 aliphatic rings. The topological polar surface area (TPSA) is 65.6 Å². The van der Waals surface area contributed by atoms with Gasteiger partial charge < -0.3 is 0 Å². The molecule has 0 spiro atoms. The minimum Gasteiger partial charge on any atom is -0.244 e. The second-order valence-corrected chi connectivity index (χ2v) is 7.14. The highest BCUT2D eigenvalue weighted by molar-refractivity contribution is 7.20. The Balaban J connectivity index is 1.61. The zero-order chi connectivity index (χ0) is 14.9. The van der Waals surface area contributed by atoms with Crippen LogP contribution in [0, 0.1) is 0 Å². The fraction of sp³-hybridized carbons (Fsp3) is 0.0769. The summed E-state index contributed by atoms with van der Waals surface area (Å²) in [6, 6.07) is 7.74. The highest BCUT2D eigenvalue weighted by Gasteiger charge is 2.12. The fourth-order valence-corrected chi connectivity index (χ4v) is 4.24. The molecule has 110 valence electrons. The lowest BCUT2D eigenvalue weighted by Gasteiger charge is -1.94. The molecule has 0 atom stereocenters. The van der Waals surface area contributed by atoms with E-state index in [-0.39, 0.29) is 5.69 Å². The van der Waals surface area contributed by atoms with Gasteiger partial charge in [0.25, 0.3) is 0 Å². The van der Waals surface area contributed by atoms with Crippen LogP contribution in [0.5, 0.6) is 0 Å². The van der Waals surface area contributed by atoms with Gasteiger partial charge in [-0.05, 0) is 39.4 Å². The summed E-state index contributed by atoms with van der Waals surface area (Å²) < 4.78 is 2.63. The number of hydrogen-bond donors (Lipinski definition) is 0. The lowest BCUT2D eigenvalue weighted by Crippen LogP contribution is -2.24. The van der Waals surface area contributed by atoms with E-state index < -0.39 is 0 Å². The lowest BCUT2D eigenvalue weighted by molar-refractivity contribution is 0.624. The molecule has 0 aromatic carbocycles. The van der Waals surface area contributed by atoms with Gasteiger partial charge in [0.05, 0.1) is 17.1 Å². The van der Waals surface area contributed by atoms with E-state index in [0.717, 1.165) is 20.6 Å². The minimum absolute atomic E-state index is 0.256. The van der Waals surface area contributed by atoms with Crippen molar-refractivity contribution in [2.45, 2.75) is 6.54 Å². The molecule has 4 aromatic rings. The van der Waals surface area contributed by atoms with Crippen LogP contribution in [0.15, 0.2) is 45.2 Å². The molecule has 22 heavy (non-hydrogen) atoms. The largest absolute Gasteiger partial charge is 0.369 e. The first-order valence-corrected chi connectivity index (χ1v) is 9.00. The lowest BCUT2D eigenvalue weighted by atomic mass is 10.4. The highest BCUT2D eigenvalue weighted by atomic mass is 32.1. The van der Waals surface area contributed by atoms with Crippen molar-refractivity contribution in [3.8, 4) is 14.9 Å². The smallest absolute Gasteiger partial charge is 0.244 e. The van der Waals surface area contributed by atoms with Gasteiger partial charge in [0.2, 0.25) is 0 Å². The van der Waals surface area contributed by atoms with E-state index in [1.165, 1.54) is 20.7 Å². The molecule has 0 radical (unpaired) electrons. The molecule has 0 unspecified atom stereocenters. The molecule has 0 amide bonds. The number of nitrogens with zero attached hydrogens (tertiary/aromatic N) is 5. The van der Waals surface area contributed by atoms with Crippen molar-refractivity contribution in [2.24, 2.45) is 0 Å². The van der Waals surface area contributed by atoms with Crippen molar-refractivity contribution in [1.82, 2.24) is 24.8 Å². The molecule has 9 heteroatoms. The molecule has 0 aliphatic carbocycles. The molecule has 0 N–H and O–H groups in total. The van der Waals surface area contributed by atoms with Crippen molar-refractivity contribution in [3.63, 3.8) is 0 Å². The van der Waals surface area contributed by atoms with Crippen LogP contribution in [0.25, 0.3) is 14.9 Å². The standard InChI is InChI=1S/C13H9N5OS3/c19-13-17(15-16-18(13)11-4-2-6-21-11)7-9-8-22-12(14-9)10-3-1-5-20-10/h1-6,8H,7H2. The van der Waals surface area contributed by atoms with Crippen molar-refractivity contribution in [1.29, 1.82) is 0 Å². The molecule has 0 fully saturated rings. The molecule has 4 heterocycles. The summed E-state index contributed by atoms with van der Waals surface area (Å²) in [5, 5.41) is 15.4. The average Bonchev–Trinajstić information content (AvgIpc) is 3.27. The number of hydrogen-bond acceptors (Lipinski definition) is 7. The maximum absolute atomic E-state index is 12.3. The van der Waals surface area contributed by atoms with Gasteiger partial charge in [-0.3, -0.25) is 0 Å². The molecule has 0 saturated heterocycles. The molecular formula is C13H9N5OS3. The summed E-state index contributed by atoms with van der Waals surface area (Å²) in [6.07, 6.45) is 0. The number of rotatable bonds is 4. The minimum atomic E-state index is -0.256. The Morgan fingerprint density at radius 1 is 1.05 bits per heavy atom. The van der Waals surface area contributed by atoms with Crippen LogP contribution in [0.2, 0.25) is 0 Å². The van der Waals surface area contributed by atoms with Gasteiger partial charge in [0, 0.05) is 5.38 Å². The molecular weight excluding hydrogens is 338 g/mol. The maximum Gasteiger partial charge on any atom is 0.369 e. The van der Waals surface area contributed by atoms with Gasteiger partial charge in [-0.15, -0.1) is 34.0 Å². The number of thiazole rings is 1. The molecule has 0 aliphatic heterocycles. The van der Waals surface area contributed by atoms with E-state index >= 15 is 0 Å². The van der Waals surface area contributed by atoms with E-state index in [4.69, 9.17) is 0 Å². The molecule has 4 rings (SSSR count). The van der Waals surface area contributed by atoms with Gasteiger partial charge >= 0.3 is 5.69 Å².